The summed E-state index contributed by atoms with van der Waals surface area (Å²) in [6.07, 6.45) is -2.46. The van der Waals surface area contributed by atoms with Crippen LogP contribution in [0.4, 0.5) is 18.3 Å². The molecule has 0 saturated carbocycles. The van der Waals surface area contributed by atoms with Gasteiger partial charge in [-0.1, -0.05) is 11.3 Å². The van der Waals surface area contributed by atoms with Gasteiger partial charge in [0.15, 0.2) is 0 Å². The van der Waals surface area contributed by atoms with Crippen LogP contribution in [0.1, 0.15) is 17.8 Å². The molecule has 0 aliphatic carbocycles. The first-order valence-electron chi connectivity index (χ1n) is 4.80. The van der Waals surface area contributed by atoms with Crippen LogP contribution >= 0.6 is 23.1 Å². The van der Waals surface area contributed by atoms with Crippen LogP contribution < -0.4 is 5.32 Å². The van der Waals surface area contributed by atoms with Crippen molar-refractivity contribution in [2.45, 2.75) is 25.1 Å². The third kappa shape index (κ3) is 3.00. The zero-order chi connectivity index (χ0) is 11.6. The summed E-state index contributed by atoms with van der Waals surface area (Å²) in [6.45, 7) is 0. The number of thioether (sulfide) groups is 1. The monoisotopic (exact) mass is 269 g/mol. The highest BCUT2D eigenvalue weighted by Crippen LogP contribution is 2.33. The summed E-state index contributed by atoms with van der Waals surface area (Å²) in [6, 6.07) is 0.232. The summed E-state index contributed by atoms with van der Waals surface area (Å²) in [5.74, 6) is 2.09. The van der Waals surface area contributed by atoms with Gasteiger partial charge >= 0.3 is 6.18 Å². The van der Waals surface area contributed by atoms with Gasteiger partial charge in [0.1, 0.15) is 0 Å². The number of hydrogen-bond acceptors (Lipinski definition) is 5. The number of nitrogens with zero attached hydrogens (tertiary/aromatic N) is 2. The Labute approximate surface area is 98.8 Å². The predicted molar refractivity (Wildman–Crippen MR) is 58.9 cm³/mol. The summed E-state index contributed by atoms with van der Waals surface area (Å²) >= 11 is 2.43. The second-order valence-electron chi connectivity index (χ2n) is 3.44. The van der Waals surface area contributed by atoms with Gasteiger partial charge in [0.2, 0.25) is 10.1 Å². The van der Waals surface area contributed by atoms with Crippen LogP contribution in [0.25, 0.3) is 0 Å². The molecule has 1 aliphatic rings. The lowest BCUT2D eigenvalue weighted by Gasteiger charge is -2.21. The van der Waals surface area contributed by atoms with Crippen molar-refractivity contribution in [3.05, 3.63) is 5.01 Å². The minimum atomic E-state index is -4.39. The molecule has 0 radical (unpaired) electrons. The second kappa shape index (κ2) is 4.79. The molecule has 16 heavy (non-hydrogen) atoms. The molecule has 90 valence electrons. The number of hydrogen-bond donors (Lipinski definition) is 1. The third-order valence-corrected chi connectivity index (χ3v) is 4.16. The molecule has 2 rings (SSSR count). The van der Waals surface area contributed by atoms with E-state index in [9.17, 15) is 13.2 Å². The molecule has 0 spiro atoms. The van der Waals surface area contributed by atoms with Crippen molar-refractivity contribution in [2.75, 3.05) is 16.8 Å². The Bertz CT molecular complexity index is 347. The Kier molecular flexibility index (Phi) is 3.58. The van der Waals surface area contributed by atoms with E-state index in [0.717, 1.165) is 24.3 Å². The minimum Gasteiger partial charge on any atom is -0.357 e. The van der Waals surface area contributed by atoms with E-state index in [1.807, 2.05) is 11.8 Å². The topological polar surface area (TPSA) is 37.8 Å². The molecule has 1 saturated heterocycles. The predicted octanol–water partition coefficient (Wildman–Crippen LogP) is 2.86. The van der Waals surface area contributed by atoms with Crippen LogP contribution in [-0.4, -0.2) is 27.7 Å². The van der Waals surface area contributed by atoms with E-state index in [1.165, 1.54) is 0 Å². The first-order valence-corrected chi connectivity index (χ1v) is 6.78. The van der Waals surface area contributed by atoms with Crippen LogP contribution in [0.15, 0.2) is 0 Å². The lowest BCUT2D eigenvalue weighted by Crippen LogP contribution is -2.24. The Morgan fingerprint density at radius 1 is 1.19 bits per heavy atom. The average molecular weight is 269 g/mol. The van der Waals surface area contributed by atoms with Crippen molar-refractivity contribution in [1.29, 1.82) is 0 Å². The summed E-state index contributed by atoms with van der Waals surface area (Å²) in [4.78, 5) is 0. The minimum absolute atomic E-state index is 0.232. The highest BCUT2D eigenvalue weighted by Gasteiger charge is 2.35. The molecule has 2 heterocycles. The lowest BCUT2D eigenvalue weighted by molar-refractivity contribution is -0.138. The van der Waals surface area contributed by atoms with Crippen LogP contribution in [0, 0.1) is 0 Å². The van der Waals surface area contributed by atoms with Crippen molar-refractivity contribution >= 4 is 28.2 Å². The molecular formula is C8H10F3N3S2. The molecule has 0 bridgehead atoms. The van der Waals surface area contributed by atoms with Gasteiger partial charge in [-0.15, -0.1) is 10.2 Å². The van der Waals surface area contributed by atoms with E-state index in [0.29, 0.717) is 11.3 Å². The molecule has 3 nitrogen and oxygen atoms in total. The summed E-state index contributed by atoms with van der Waals surface area (Å²) < 4.78 is 36.8. The number of nitrogens with one attached hydrogen (secondary N) is 1. The maximum Gasteiger partial charge on any atom is 0.445 e. The van der Waals surface area contributed by atoms with E-state index in [-0.39, 0.29) is 11.2 Å². The van der Waals surface area contributed by atoms with E-state index in [4.69, 9.17) is 0 Å². The molecule has 0 aromatic carbocycles. The SMILES string of the molecule is FC(F)(F)c1nnc(NC2CCSCC2)s1. The Morgan fingerprint density at radius 2 is 1.88 bits per heavy atom. The molecule has 0 amide bonds. The molecule has 0 atom stereocenters. The zero-order valence-corrected chi connectivity index (χ0v) is 9.88. The fourth-order valence-corrected chi connectivity index (χ4v) is 3.21. The maximum absolute atomic E-state index is 12.3. The number of anilines is 1. The standard InChI is InChI=1S/C8H10F3N3S2/c9-8(10,11)6-13-14-7(16-6)12-5-1-3-15-4-2-5/h5H,1-4H2,(H,12,14). The van der Waals surface area contributed by atoms with Gasteiger partial charge in [0, 0.05) is 6.04 Å². The van der Waals surface area contributed by atoms with Gasteiger partial charge in [-0.25, -0.2) is 0 Å². The fraction of sp³-hybridized carbons (Fsp3) is 0.750. The van der Waals surface area contributed by atoms with Crippen molar-refractivity contribution in [3.8, 4) is 0 Å². The molecule has 8 heteroatoms. The van der Waals surface area contributed by atoms with Gasteiger partial charge < -0.3 is 5.32 Å². The number of alkyl halides is 3. The smallest absolute Gasteiger partial charge is 0.357 e. The Hall–Kier alpha value is -0.500. The zero-order valence-electron chi connectivity index (χ0n) is 8.25. The van der Waals surface area contributed by atoms with Crippen LogP contribution in [-0.2, 0) is 6.18 Å². The molecule has 0 unspecified atom stereocenters. The van der Waals surface area contributed by atoms with E-state index in [2.05, 4.69) is 15.5 Å². The molecule has 1 N–H and O–H groups in total. The summed E-state index contributed by atoms with van der Waals surface area (Å²) in [5.41, 5.74) is 0. The average Bonchev–Trinajstić information content (AvgIpc) is 2.67. The highest BCUT2D eigenvalue weighted by atomic mass is 32.2. The van der Waals surface area contributed by atoms with Gasteiger partial charge in [-0.05, 0) is 24.3 Å². The van der Waals surface area contributed by atoms with E-state index < -0.39 is 11.2 Å². The fourth-order valence-electron chi connectivity index (χ4n) is 1.41. The van der Waals surface area contributed by atoms with Crippen LogP contribution in [0.5, 0.6) is 0 Å². The largest absolute Gasteiger partial charge is 0.445 e. The molecule has 1 aliphatic heterocycles. The number of rotatable bonds is 2. The van der Waals surface area contributed by atoms with Gasteiger partial charge in [0.05, 0.1) is 0 Å². The quantitative estimate of drug-likeness (QED) is 0.896. The van der Waals surface area contributed by atoms with Gasteiger partial charge in [-0.3, -0.25) is 0 Å². The van der Waals surface area contributed by atoms with Crippen molar-refractivity contribution in [2.24, 2.45) is 0 Å². The van der Waals surface area contributed by atoms with Crippen molar-refractivity contribution < 1.29 is 13.2 Å². The second-order valence-corrected chi connectivity index (χ2v) is 5.64. The molecule has 1 fully saturated rings. The highest BCUT2D eigenvalue weighted by molar-refractivity contribution is 7.99. The number of aromatic nitrogens is 2. The van der Waals surface area contributed by atoms with Crippen molar-refractivity contribution in [1.82, 2.24) is 10.2 Å². The first-order chi connectivity index (χ1) is 7.55. The summed E-state index contributed by atoms with van der Waals surface area (Å²) in [7, 11) is 0. The maximum atomic E-state index is 12.3. The molecule has 1 aromatic heterocycles. The third-order valence-electron chi connectivity index (χ3n) is 2.22. The van der Waals surface area contributed by atoms with E-state index >= 15 is 0 Å². The van der Waals surface area contributed by atoms with E-state index in [1.54, 1.807) is 0 Å². The van der Waals surface area contributed by atoms with Crippen molar-refractivity contribution in [3.63, 3.8) is 0 Å². The lowest BCUT2D eigenvalue weighted by atomic mass is 10.2. The van der Waals surface area contributed by atoms with Crippen LogP contribution in [0.3, 0.4) is 0 Å². The van der Waals surface area contributed by atoms with Gasteiger partial charge in [-0.2, -0.15) is 24.9 Å². The van der Waals surface area contributed by atoms with Gasteiger partial charge in [0.25, 0.3) is 0 Å². The molecular weight excluding hydrogens is 259 g/mol. The molecule has 1 aromatic rings. The summed E-state index contributed by atoms with van der Waals surface area (Å²) in [5, 5.41) is 9.02. The normalized spacial score (nSPS) is 18.7. The Balaban J connectivity index is 1.97. The first kappa shape index (κ1) is 12.0. The Morgan fingerprint density at radius 3 is 2.44 bits per heavy atom. The van der Waals surface area contributed by atoms with Crippen LogP contribution in [0.2, 0.25) is 0 Å². The number of halogens is 3.